The minimum atomic E-state index is 0.0130. The van der Waals surface area contributed by atoms with Gasteiger partial charge in [0, 0.05) is 24.9 Å². The fourth-order valence-electron chi connectivity index (χ4n) is 1.63. The zero-order valence-electron chi connectivity index (χ0n) is 11.7. The third kappa shape index (κ3) is 4.62. The van der Waals surface area contributed by atoms with E-state index in [1.54, 1.807) is 16.7 Å². The number of benzene rings is 1. The van der Waals surface area contributed by atoms with E-state index in [-0.39, 0.29) is 5.91 Å². The first-order valence-corrected chi connectivity index (χ1v) is 7.53. The minimum Gasteiger partial charge on any atom is -0.341 e. The molecule has 0 saturated heterocycles. The van der Waals surface area contributed by atoms with Gasteiger partial charge in [0.05, 0.1) is 12.1 Å². The molecule has 2 N–H and O–H groups in total. The first kappa shape index (κ1) is 15.6. The van der Waals surface area contributed by atoms with E-state index in [9.17, 15) is 4.79 Å². The summed E-state index contributed by atoms with van der Waals surface area (Å²) in [7, 11) is 1.82. The molecule has 0 unspecified atom stereocenters. The third-order valence-electron chi connectivity index (χ3n) is 2.71. The van der Waals surface area contributed by atoms with Gasteiger partial charge >= 0.3 is 0 Å². The Kier molecular flexibility index (Phi) is 6.48. The van der Waals surface area contributed by atoms with E-state index >= 15 is 0 Å². The van der Waals surface area contributed by atoms with Crippen molar-refractivity contribution < 1.29 is 4.79 Å². The lowest BCUT2D eigenvalue weighted by Gasteiger charge is -2.17. The van der Waals surface area contributed by atoms with Gasteiger partial charge in [0.15, 0.2) is 0 Å². The molecule has 0 aromatic heterocycles. The zero-order valence-corrected chi connectivity index (χ0v) is 12.5. The van der Waals surface area contributed by atoms with Crippen molar-refractivity contribution >= 4 is 17.7 Å². The monoisotopic (exact) mass is 276 g/mol. The average Bonchev–Trinajstić information content (AvgIpc) is 2.42. The third-order valence-corrected chi connectivity index (χ3v) is 3.30. The second-order valence-corrected chi connectivity index (χ2v) is 5.26. The quantitative estimate of drug-likeness (QED) is 0.852. The molecule has 0 bridgehead atoms. The van der Waals surface area contributed by atoms with Crippen LogP contribution in [0.4, 0.5) is 0 Å². The number of thioether (sulfide) groups is 1. The van der Waals surface area contributed by atoms with Gasteiger partial charge in [-0.2, -0.15) is 11.8 Å². The fourth-order valence-corrected chi connectivity index (χ4v) is 2.08. The van der Waals surface area contributed by atoms with E-state index < -0.39 is 0 Å². The normalized spacial score (nSPS) is 9.68. The highest BCUT2D eigenvalue weighted by Crippen LogP contribution is 2.13. The summed E-state index contributed by atoms with van der Waals surface area (Å²) in [5, 5.41) is 0. The highest BCUT2D eigenvalue weighted by atomic mass is 32.2. The van der Waals surface area contributed by atoms with E-state index in [0.29, 0.717) is 12.1 Å². The maximum Gasteiger partial charge on any atom is 0.254 e. The Morgan fingerprint density at radius 2 is 2.21 bits per heavy atom. The standard InChI is InChI=1S/C15H20N2OS/c1-12-6-7-13(5-4-8-16)14(11-12)15(18)17(2)9-10-19-3/h6-7,11H,8-10,16H2,1-3H3. The summed E-state index contributed by atoms with van der Waals surface area (Å²) in [6.45, 7) is 3.00. The molecule has 19 heavy (non-hydrogen) atoms. The second kappa shape index (κ2) is 7.88. The van der Waals surface area contributed by atoms with E-state index in [0.717, 1.165) is 23.4 Å². The lowest BCUT2D eigenvalue weighted by atomic mass is 10.0. The van der Waals surface area contributed by atoms with Crippen molar-refractivity contribution in [1.29, 1.82) is 0 Å². The first-order chi connectivity index (χ1) is 9.10. The summed E-state index contributed by atoms with van der Waals surface area (Å²) < 4.78 is 0. The summed E-state index contributed by atoms with van der Waals surface area (Å²) in [5.74, 6) is 6.71. The molecule has 0 fully saturated rings. The summed E-state index contributed by atoms with van der Waals surface area (Å²) >= 11 is 1.73. The molecule has 4 heteroatoms. The Morgan fingerprint density at radius 1 is 1.47 bits per heavy atom. The highest BCUT2D eigenvalue weighted by molar-refractivity contribution is 7.98. The number of aryl methyl sites for hydroxylation is 1. The van der Waals surface area contributed by atoms with Crippen LogP contribution in [0.1, 0.15) is 21.5 Å². The van der Waals surface area contributed by atoms with Crippen molar-refractivity contribution in [2.75, 3.05) is 32.1 Å². The van der Waals surface area contributed by atoms with E-state index in [2.05, 4.69) is 11.8 Å². The Morgan fingerprint density at radius 3 is 2.84 bits per heavy atom. The maximum atomic E-state index is 12.4. The van der Waals surface area contributed by atoms with Crippen LogP contribution in [0.5, 0.6) is 0 Å². The zero-order chi connectivity index (χ0) is 14.3. The van der Waals surface area contributed by atoms with E-state index in [1.807, 2.05) is 38.4 Å². The predicted molar refractivity (Wildman–Crippen MR) is 82.5 cm³/mol. The van der Waals surface area contributed by atoms with Gasteiger partial charge in [0.2, 0.25) is 0 Å². The first-order valence-electron chi connectivity index (χ1n) is 6.14. The summed E-state index contributed by atoms with van der Waals surface area (Å²) in [5.41, 5.74) is 7.85. The van der Waals surface area contributed by atoms with Crippen molar-refractivity contribution in [2.24, 2.45) is 5.73 Å². The Hall–Kier alpha value is -1.44. The number of hydrogen-bond acceptors (Lipinski definition) is 3. The van der Waals surface area contributed by atoms with Crippen LogP contribution in [0.25, 0.3) is 0 Å². The van der Waals surface area contributed by atoms with Gasteiger partial charge < -0.3 is 10.6 Å². The lowest BCUT2D eigenvalue weighted by molar-refractivity contribution is 0.0803. The predicted octanol–water partition coefficient (Wildman–Crippen LogP) is 1.74. The topological polar surface area (TPSA) is 46.3 Å². The number of amides is 1. The number of carbonyl (C=O) groups is 1. The molecule has 0 atom stereocenters. The Balaban J connectivity index is 3.03. The molecular formula is C15H20N2OS. The summed E-state index contributed by atoms with van der Waals surface area (Å²) in [4.78, 5) is 14.1. The van der Waals surface area contributed by atoms with Gasteiger partial charge in [-0.25, -0.2) is 0 Å². The molecule has 0 aliphatic rings. The number of nitrogens with two attached hydrogens (primary N) is 1. The van der Waals surface area contributed by atoms with Crippen LogP contribution in [0.3, 0.4) is 0 Å². The Labute approximate surface area is 119 Å². The molecule has 0 aliphatic carbocycles. The molecule has 1 amide bonds. The molecule has 0 aliphatic heterocycles. The SMILES string of the molecule is CSCCN(C)C(=O)c1cc(C)ccc1C#CCN. The molecule has 0 saturated carbocycles. The fraction of sp³-hybridized carbons (Fsp3) is 0.400. The molecule has 1 aromatic carbocycles. The summed E-state index contributed by atoms with van der Waals surface area (Å²) in [6.07, 6.45) is 2.03. The van der Waals surface area contributed by atoms with Crippen molar-refractivity contribution in [1.82, 2.24) is 4.90 Å². The van der Waals surface area contributed by atoms with Gasteiger partial charge in [-0.15, -0.1) is 0 Å². The second-order valence-electron chi connectivity index (χ2n) is 4.27. The van der Waals surface area contributed by atoms with Gasteiger partial charge in [0.1, 0.15) is 0 Å². The number of hydrogen-bond donors (Lipinski definition) is 1. The van der Waals surface area contributed by atoms with Crippen LogP contribution < -0.4 is 5.73 Å². The molecule has 0 radical (unpaired) electrons. The molecule has 3 nitrogen and oxygen atoms in total. The number of rotatable bonds is 4. The molecular weight excluding hydrogens is 256 g/mol. The Bertz CT molecular complexity index is 503. The van der Waals surface area contributed by atoms with E-state index in [4.69, 9.17) is 5.73 Å². The smallest absolute Gasteiger partial charge is 0.254 e. The molecule has 102 valence electrons. The van der Waals surface area contributed by atoms with Crippen LogP contribution in [0.15, 0.2) is 18.2 Å². The number of nitrogens with zero attached hydrogens (tertiary/aromatic N) is 1. The summed E-state index contributed by atoms with van der Waals surface area (Å²) in [6, 6.07) is 5.73. The van der Waals surface area contributed by atoms with Gasteiger partial charge in [-0.05, 0) is 25.3 Å². The van der Waals surface area contributed by atoms with Gasteiger partial charge in [-0.3, -0.25) is 4.79 Å². The molecule has 0 heterocycles. The highest BCUT2D eigenvalue weighted by Gasteiger charge is 2.14. The van der Waals surface area contributed by atoms with E-state index in [1.165, 1.54) is 0 Å². The van der Waals surface area contributed by atoms with Crippen molar-refractivity contribution in [3.05, 3.63) is 34.9 Å². The van der Waals surface area contributed by atoms with Crippen LogP contribution in [-0.4, -0.2) is 43.0 Å². The van der Waals surface area contributed by atoms with Crippen LogP contribution in [0.2, 0.25) is 0 Å². The minimum absolute atomic E-state index is 0.0130. The molecule has 0 spiro atoms. The maximum absolute atomic E-state index is 12.4. The van der Waals surface area contributed by atoms with Gasteiger partial charge in [0.25, 0.3) is 5.91 Å². The number of carbonyl (C=O) groups excluding carboxylic acids is 1. The van der Waals surface area contributed by atoms with Crippen molar-refractivity contribution in [3.63, 3.8) is 0 Å². The van der Waals surface area contributed by atoms with Crippen molar-refractivity contribution in [3.8, 4) is 11.8 Å². The van der Waals surface area contributed by atoms with Crippen LogP contribution >= 0.6 is 11.8 Å². The van der Waals surface area contributed by atoms with Crippen molar-refractivity contribution in [2.45, 2.75) is 6.92 Å². The van der Waals surface area contributed by atoms with Crippen LogP contribution in [0, 0.1) is 18.8 Å². The average molecular weight is 276 g/mol. The molecule has 1 aromatic rings. The van der Waals surface area contributed by atoms with Crippen LogP contribution in [-0.2, 0) is 0 Å². The van der Waals surface area contributed by atoms with Gasteiger partial charge in [-0.1, -0.05) is 23.5 Å². The largest absolute Gasteiger partial charge is 0.341 e. The lowest BCUT2D eigenvalue weighted by Crippen LogP contribution is -2.29. The molecule has 1 rings (SSSR count).